The smallest absolute Gasteiger partial charge is 0.343 e. The van der Waals surface area contributed by atoms with Crippen LogP contribution in [0, 0.1) is 0 Å². The molecule has 0 aromatic rings. The molecule has 0 saturated carbocycles. The number of nitrogens with two attached hydrogens (primary N) is 3. The van der Waals surface area contributed by atoms with Gasteiger partial charge in [0.25, 0.3) is 0 Å². The molecule has 0 bridgehead atoms. The minimum Gasteiger partial charge on any atom is -0.379 e. The Kier molecular flexibility index (Phi) is 16.3. The number of hydrogen-bond acceptors (Lipinski definition) is 6. The van der Waals surface area contributed by atoms with E-state index in [1.54, 1.807) is 0 Å². The Morgan fingerprint density at radius 1 is 0.941 bits per heavy atom. The third-order valence-electron chi connectivity index (χ3n) is 1.41. The fraction of sp³-hybridized carbons (Fsp3) is 0.889. The van der Waals surface area contributed by atoms with Gasteiger partial charge in [0, 0.05) is 13.2 Å². The topological polar surface area (TPSA) is 126 Å². The predicted octanol–water partition coefficient (Wildman–Crippen LogP) is -0.809. The molecule has 104 valence electrons. The van der Waals surface area contributed by atoms with Gasteiger partial charge in [-0.05, 0) is 13.8 Å². The van der Waals surface area contributed by atoms with Gasteiger partial charge in [0.1, 0.15) is 0 Å². The summed E-state index contributed by atoms with van der Waals surface area (Å²) in [7, 11) is 0. The van der Waals surface area contributed by atoms with Crippen molar-refractivity contribution in [3.8, 4) is 0 Å². The molecule has 0 aliphatic heterocycles. The number of primary amides is 1. The molecule has 0 atom stereocenters. The van der Waals surface area contributed by atoms with Gasteiger partial charge < -0.3 is 19.9 Å². The molecule has 0 aliphatic rings. The van der Waals surface area contributed by atoms with Gasteiger partial charge in [0.2, 0.25) is 0 Å². The fourth-order valence-electron chi connectivity index (χ4n) is 0.626. The number of hydrogen-bond donors (Lipinski definition) is 3. The van der Waals surface area contributed by atoms with Gasteiger partial charge in [0.15, 0.2) is 0 Å². The number of ether oxygens (including phenoxy) is 3. The third-order valence-corrected chi connectivity index (χ3v) is 1.41. The number of hydrazine groups is 2. The van der Waals surface area contributed by atoms with Gasteiger partial charge in [-0.2, -0.15) is 5.12 Å². The van der Waals surface area contributed by atoms with E-state index in [2.05, 4.69) is 17.4 Å². The van der Waals surface area contributed by atoms with E-state index in [1.807, 2.05) is 13.8 Å². The van der Waals surface area contributed by atoms with Crippen molar-refractivity contribution >= 4 is 6.03 Å². The van der Waals surface area contributed by atoms with E-state index >= 15 is 0 Å². The van der Waals surface area contributed by atoms with E-state index in [0.29, 0.717) is 31.5 Å². The highest BCUT2D eigenvalue weighted by Gasteiger charge is 1.90. The minimum atomic E-state index is -0.852. The SMILES string of the molecule is CCOCCOCCOCC.NC(=O)N(N)N. The highest BCUT2D eigenvalue weighted by Crippen LogP contribution is 1.79. The monoisotopic (exact) mass is 252 g/mol. The van der Waals surface area contributed by atoms with Crippen LogP contribution in [0.5, 0.6) is 0 Å². The zero-order chi connectivity index (χ0) is 13.5. The van der Waals surface area contributed by atoms with Crippen LogP contribution < -0.4 is 17.4 Å². The van der Waals surface area contributed by atoms with Gasteiger partial charge in [-0.3, -0.25) is 0 Å². The zero-order valence-electron chi connectivity index (χ0n) is 10.6. The van der Waals surface area contributed by atoms with E-state index in [-0.39, 0.29) is 0 Å². The van der Waals surface area contributed by atoms with Gasteiger partial charge >= 0.3 is 6.03 Å². The number of nitrogens with zero attached hydrogens (tertiary/aromatic N) is 1. The molecule has 8 nitrogen and oxygen atoms in total. The Morgan fingerprint density at radius 2 is 1.24 bits per heavy atom. The molecule has 0 aliphatic carbocycles. The van der Waals surface area contributed by atoms with Crippen molar-refractivity contribution in [3.63, 3.8) is 0 Å². The molecule has 6 N–H and O–H groups in total. The molecular weight excluding hydrogens is 228 g/mol. The van der Waals surface area contributed by atoms with E-state index < -0.39 is 6.03 Å². The molecule has 0 heterocycles. The first-order valence-electron chi connectivity index (χ1n) is 5.38. The lowest BCUT2D eigenvalue weighted by molar-refractivity contribution is 0.0195. The van der Waals surface area contributed by atoms with Crippen LogP contribution in [0.1, 0.15) is 13.8 Å². The largest absolute Gasteiger partial charge is 0.379 e. The summed E-state index contributed by atoms with van der Waals surface area (Å²) in [6.45, 7) is 8.16. The van der Waals surface area contributed by atoms with Crippen LogP contribution in [0.2, 0.25) is 0 Å². The highest BCUT2D eigenvalue weighted by molar-refractivity contribution is 5.70. The van der Waals surface area contributed by atoms with Crippen LogP contribution >= 0.6 is 0 Å². The second-order valence-electron chi connectivity index (χ2n) is 2.75. The quantitative estimate of drug-likeness (QED) is 0.224. The molecule has 0 rings (SSSR count). The Bertz CT molecular complexity index is 161. The van der Waals surface area contributed by atoms with Gasteiger partial charge in [-0.25, -0.2) is 16.5 Å². The number of carbonyl (C=O) groups excluding carboxylic acids is 1. The maximum atomic E-state index is 9.60. The second-order valence-corrected chi connectivity index (χ2v) is 2.75. The lowest BCUT2D eigenvalue weighted by Gasteiger charge is -2.03. The van der Waals surface area contributed by atoms with Crippen LogP contribution in [0.25, 0.3) is 0 Å². The summed E-state index contributed by atoms with van der Waals surface area (Å²) < 4.78 is 15.3. The maximum Gasteiger partial charge on any atom is 0.343 e. The summed E-state index contributed by atoms with van der Waals surface area (Å²) in [6, 6.07) is -0.852. The molecule has 0 fully saturated rings. The lowest BCUT2D eigenvalue weighted by Crippen LogP contribution is -2.46. The zero-order valence-corrected chi connectivity index (χ0v) is 10.6. The molecular formula is C9H24N4O4. The second kappa shape index (κ2) is 15.1. The molecule has 0 aromatic heterocycles. The molecule has 0 spiro atoms. The van der Waals surface area contributed by atoms with Crippen LogP contribution in [0.4, 0.5) is 4.79 Å². The standard InChI is InChI=1S/C8H18O3.CH6N4O/c1-3-9-5-7-11-8-6-10-4-2;2-1(6)5(3)4/h3-8H2,1-2H3;3-4H2,(H2,2,6). The third kappa shape index (κ3) is 21.0. The first kappa shape index (κ1) is 18.4. The van der Waals surface area contributed by atoms with Crippen LogP contribution in [-0.4, -0.2) is 50.8 Å². The summed E-state index contributed by atoms with van der Waals surface area (Å²) in [4.78, 5) is 9.60. The number of rotatable bonds is 8. The Balaban J connectivity index is 0. The van der Waals surface area contributed by atoms with Gasteiger partial charge in [-0.15, -0.1) is 0 Å². The van der Waals surface area contributed by atoms with Crippen molar-refractivity contribution in [2.24, 2.45) is 17.4 Å². The molecule has 0 unspecified atom stereocenters. The van der Waals surface area contributed by atoms with Crippen LogP contribution in [0.15, 0.2) is 0 Å². The molecule has 0 aromatic carbocycles. The Labute approximate surface area is 102 Å². The Morgan fingerprint density at radius 3 is 1.47 bits per heavy atom. The molecule has 17 heavy (non-hydrogen) atoms. The van der Waals surface area contributed by atoms with E-state index in [0.717, 1.165) is 13.2 Å². The number of urea groups is 1. The van der Waals surface area contributed by atoms with Crippen molar-refractivity contribution in [2.75, 3.05) is 39.6 Å². The average Bonchev–Trinajstić information content (AvgIpc) is 2.29. The van der Waals surface area contributed by atoms with Gasteiger partial charge in [-0.1, -0.05) is 0 Å². The molecule has 0 saturated heterocycles. The highest BCUT2D eigenvalue weighted by atomic mass is 16.5. The van der Waals surface area contributed by atoms with Crippen molar-refractivity contribution in [1.82, 2.24) is 5.12 Å². The summed E-state index contributed by atoms with van der Waals surface area (Å²) in [5.41, 5.74) is 4.47. The van der Waals surface area contributed by atoms with Crippen LogP contribution in [0.3, 0.4) is 0 Å². The van der Waals surface area contributed by atoms with Crippen molar-refractivity contribution < 1.29 is 19.0 Å². The Hall–Kier alpha value is -0.930. The van der Waals surface area contributed by atoms with Crippen molar-refractivity contribution in [1.29, 1.82) is 0 Å². The molecule has 0 radical (unpaired) electrons. The van der Waals surface area contributed by atoms with Crippen molar-refractivity contribution in [2.45, 2.75) is 13.8 Å². The molecule has 2 amide bonds. The van der Waals surface area contributed by atoms with Gasteiger partial charge in [0.05, 0.1) is 26.4 Å². The molecule has 8 heteroatoms. The number of carbonyl (C=O) groups is 1. The minimum absolute atomic E-state index is 0.306. The van der Waals surface area contributed by atoms with E-state index in [9.17, 15) is 4.79 Å². The summed E-state index contributed by atoms with van der Waals surface area (Å²) in [6.07, 6.45) is 0. The maximum absolute atomic E-state index is 9.60. The summed E-state index contributed by atoms with van der Waals surface area (Å²) >= 11 is 0. The lowest BCUT2D eigenvalue weighted by atomic mass is 10.7. The predicted molar refractivity (Wildman–Crippen MR) is 63.6 cm³/mol. The first-order valence-corrected chi connectivity index (χ1v) is 5.38. The van der Waals surface area contributed by atoms with Crippen LogP contribution in [-0.2, 0) is 14.2 Å². The summed E-state index contributed by atoms with van der Waals surface area (Å²) in [5.74, 6) is 9.14. The normalized spacial score (nSPS) is 9.41. The van der Waals surface area contributed by atoms with E-state index in [1.165, 1.54) is 0 Å². The number of amides is 2. The summed E-state index contributed by atoms with van der Waals surface area (Å²) in [5, 5.41) is 0.306. The van der Waals surface area contributed by atoms with E-state index in [4.69, 9.17) is 14.2 Å². The van der Waals surface area contributed by atoms with Crippen molar-refractivity contribution in [3.05, 3.63) is 0 Å². The average molecular weight is 252 g/mol. The first-order chi connectivity index (χ1) is 8.06. The fourth-order valence-corrected chi connectivity index (χ4v) is 0.626.